The first-order valence-corrected chi connectivity index (χ1v) is 24.2. The van der Waals surface area contributed by atoms with Crippen LogP contribution in [0.4, 0.5) is 0 Å². The van der Waals surface area contributed by atoms with E-state index >= 15 is 0 Å². The van der Waals surface area contributed by atoms with Gasteiger partial charge in [-0.1, -0.05) is 130 Å². The predicted octanol–water partition coefficient (Wildman–Crippen LogP) is 7.47. The van der Waals surface area contributed by atoms with Crippen molar-refractivity contribution < 1.29 is 36.7 Å². The summed E-state index contributed by atoms with van der Waals surface area (Å²) in [4.78, 5) is 33.5. The van der Waals surface area contributed by atoms with Crippen LogP contribution in [0.3, 0.4) is 0 Å². The van der Waals surface area contributed by atoms with Crippen molar-refractivity contribution in [2.45, 2.75) is 113 Å². The summed E-state index contributed by atoms with van der Waals surface area (Å²) < 4.78 is 45.7. The highest BCUT2D eigenvalue weighted by molar-refractivity contribution is 7.91. The molecule has 6 rings (SSSR count). The lowest BCUT2D eigenvalue weighted by atomic mass is 9.79. The second-order valence-corrected chi connectivity index (χ2v) is 23.0. The number of sulfone groups is 1. The van der Waals surface area contributed by atoms with Gasteiger partial charge >= 0.3 is 5.97 Å². The van der Waals surface area contributed by atoms with E-state index in [0.29, 0.717) is 43.8 Å². The molecule has 0 aliphatic carbocycles. The van der Waals surface area contributed by atoms with E-state index in [9.17, 15) is 18.0 Å². The summed E-state index contributed by atoms with van der Waals surface area (Å²) in [6.07, 6.45) is 2.49. The lowest BCUT2D eigenvalue weighted by molar-refractivity contribution is -0.224. The van der Waals surface area contributed by atoms with Crippen LogP contribution in [0, 0.1) is 5.92 Å². The Bertz CT molecular complexity index is 1970. The van der Waals surface area contributed by atoms with Gasteiger partial charge in [-0.15, -0.1) is 0 Å². The van der Waals surface area contributed by atoms with Crippen molar-refractivity contribution in [1.29, 1.82) is 0 Å². The zero-order valence-electron chi connectivity index (χ0n) is 34.3. The molecule has 2 saturated heterocycles. The van der Waals surface area contributed by atoms with Crippen LogP contribution in [0.5, 0.6) is 0 Å². The largest absolute Gasteiger partial charge is 0.462 e. The van der Waals surface area contributed by atoms with Crippen LogP contribution in [0.15, 0.2) is 126 Å². The van der Waals surface area contributed by atoms with E-state index in [1.54, 1.807) is 30.3 Å². The fourth-order valence-electron chi connectivity index (χ4n) is 8.95. The summed E-state index contributed by atoms with van der Waals surface area (Å²) >= 11 is 0. The van der Waals surface area contributed by atoms with Gasteiger partial charge in [0.2, 0.25) is 0 Å². The maximum atomic E-state index is 14.1. The molecule has 4 aromatic carbocycles. The van der Waals surface area contributed by atoms with E-state index in [1.807, 2.05) is 71.8 Å². The number of ketones is 1. The number of rotatable bonds is 19. The molecule has 2 aliphatic rings. The molecule has 0 spiro atoms. The number of carbonyl (C=O) groups is 2. The third-order valence-corrected chi connectivity index (χ3v) is 18.5. The summed E-state index contributed by atoms with van der Waals surface area (Å²) in [5, 5.41) is 4.05. The van der Waals surface area contributed by atoms with E-state index in [1.165, 1.54) is 6.92 Å². The van der Waals surface area contributed by atoms with Crippen molar-refractivity contribution in [1.82, 2.24) is 5.06 Å². The lowest BCUT2D eigenvalue weighted by Crippen LogP contribution is -2.66. The third kappa shape index (κ3) is 10.6. The zero-order valence-corrected chi connectivity index (χ0v) is 36.1. The molecule has 0 N–H and O–H groups in total. The Morgan fingerprint density at radius 1 is 0.828 bits per heavy atom. The molecule has 2 fully saturated rings. The average molecular weight is 826 g/mol. The number of fused-ring (bicyclic) bond motifs is 1. The Hall–Kier alpha value is -3.97. The number of Topliss-reactive ketones (excluding diaryl/α,β-unsaturated/α-hetero) is 1. The van der Waals surface area contributed by atoms with Crippen LogP contribution in [0.25, 0.3) is 0 Å². The number of hydrogen-bond acceptors (Lipinski definition) is 9. The van der Waals surface area contributed by atoms with Crippen molar-refractivity contribution in [3.63, 3.8) is 0 Å². The average Bonchev–Trinajstić information content (AvgIpc) is 3.67. The minimum atomic E-state index is -3.51. The predicted molar refractivity (Wildman–Crippen MR) is 229 cm³/mol. The molecule has 2 heterocycles. The molecule has 5 atom stereocenters. The Labute approximate surface area is 346 Å². The molecular weight excluding hydrogens is 767 g/mol. The first kappa shape index (κ1) is 43.6. The summed E-state index contributed by atoms with van der Waals surface area (Å²) in [7, 11) is -6.34. The van der Waals surface area contributed by atoms with E-state index in [2.05, 4.69) is 45.0 Å². The summed E-state index contributed by atoms with van der Waals surface area (Å²) in [6.45, 7) is 9.17. The van der Waals surface area contributed by atoms with Crippen LogP contribution in [-0.2, 0) is 44.8 Å². The number of hydrogen-bond donors (Lipinski definition) is 0. The monoisotopic (exact) mass is 825 g/mol. The highest BCUT2D eigenvalue weighted by atomic mass is 32.2. The molecule has 310 valence electrons. The van der Waals surface area contributed by atoms with Crippen LogP contribution in [0.2, 0.25) is 5.04 Å². The first-order chi connectivity index (χ1) is 27.9. The molecule has 58 heavy (non-hydrogen) atoms. The van der Waals surface area contributed by atoms with Gasteiger partial charge in [0.05, 0.1) is 23.9 Å². The first-order valence-electron chi connectivity index (χ1n) is 20.7. The van der Waals surface area contributed by atoms with Gasteiger partial charge in [0.15, 0.2) is 15.6 Å². The van der Waals surface area contributed by atoms with Crippen molar-refractivity contribution >= 4 is 40.3 Å². The van der Waals surface area contributed by atoms with Gasteiger partial charge in [-0.3, -0.25) is 14.4 Å². The smallest absolute Gasteiger partial charge is 0.302 e. The minimum Gasteiger partial charge on any atom is -0.462 e. The molecule has 9 nitrogen and oxygen atoms in total. The summed E-state index contributed by atoms with van der Waals surface area (Å²) in [5.41, 5.74) is 1.06. The number of benzene rings is 4. The van der Waals surface area contributed by atoms with E-state index in [0.717, 1.165) is 28.8 Å². The van der Waals surface area contributed by atoms with Gasteiger partial charge in [0.25, 0.3) is 8.32 Å². The molecule has 0 aromatic heterocycles. The number of nitrogens with zero attached hydrogens (tertiary/aromatic N) is 1. The third-order valence-electron chi connectivity index (χ3n) is 11.7. The normalized spacial score (nSPS) is 20.6. The van der Waals surface area contributed by atoms with Gasteiger partial charge in [0, 0.05) is 50.8 Å². The second kappa shape index (κ2) is 19.9. The highest BCUT2D eigenvalue weighted by Crippen LogP contribution is 2.42. The van der Waals surface area contributed by atoms with Crippen molar-refractivity contribution in [3.05, 3.63) is 127 Å². The molecule has 0 bridgehead atoms. The number of hydroxylamine groups is 2. The molecule has 4 aromatic rings. The van der Waals surface area contributed by atoms with Gasteiger partial charge in [0.1, 0.15) is 12.2 Å². The van der Waals surface area contributed by atoms with Crippen LogP contribution < -0.4 is 10.4 Å². The standard InChI is InChI=1S/C47H59NO8SSi/c1-36(49)55-45(30-31-53-35-37-18-9-5-10-19-37)42-28-27-38-34-46(56-48(38)43(42)26-17-33-57(51,52)39-20-11-6-12-21-39)44(50)29-32-54-58(47(2,3)4,40-22-13-7-14-23-40)41-24-15-8-16-25-41/h5-16,18-25,38,42-43,45-46H,17,26-35H2,1-4H3/t38-,42+,43+,45-,46-/m0/s1. The molecule has 0 saturated carbocycles. The number of ether oxygens (including phenoxy) is 2. The van der Waals surface area contributed by atoms with Gasteiger partial charge < -0.3 is 13.9 Å². The molecule has 0 amide bonds. The van der Waals surface area contributed by atoms with Crippen molar-refractivity contribution in [3.8, 4) is 0 Å². The molecular formula is C47H59NO8SSi. The van der Waals surface area contributed by atoms with E-state index < -0.39 is 30.4 Å². The Balaban J connectivity index is 1.17. The molecule has 0 radical (unpaired) electrons. The minimum absolute atomic E-state index is 0.0138. The Morgan fingerprint density at radius 3 is 2.00 bits per heavy atom. The number of carbonyl (C=O) groups excluding carboxylic acids is 2. The second-order valence-electron chi connectivity index (χ2n) is 16.6. The quantitative estimate of drug-likeness (QED) is 0.0541. The van der Waals surface area contributed by atoms with Crippen molar-refractivity contribution in [2.75, 3.05) is 19.0 Å². The maximum absolute atomic E-state index is 14.1. The Morgan fingerprint density at radius 2 is 1.41 bits per heavy atom. The van der Waals surface area contributed by atoms with Gasteiger partial charge in [-0.25, -0.2) is 8.42 Å². The fourth-order valence-corrected chi connectivity index (χ4v) is 14.9. The fraction of sp³-hybridized carbons (Fsp3) is 0.447. The van der Waals surface area contributed by atoms with Crippen LogP contribution >= 0.6 is 0 Å². The van der Waals surface area contributed by atoms with Crippen molar-refractivity contribution in [2.24, 2.45) is 5.92 Å². The molecule has 2 aliphatic heterocycles. The number of piperidine rings is 1. The topological polar surface area (TPSA) is 108 Å². The maximum Gasteiger partial charge on any atom is 0.302 e. The molecule has 11 heteroatoms. The van der Waals surface area contributed by atoms with E-state index in [-0.39, 0.29) is 53.6 Å². The zero-order chi connectivity index (χ0) is 41.2. The van der Waals surface area contributed by atoms with Gasteiger partial charge in [-0.2, -0.15) is 5.06 Å². The number of esters is 1. The van der Waals surface area contributed by atoms with Crippen LogP contribution in [0.1, 0.15) is 78.2 Å². The highest BCUT2D eigenvalue weighted by Gasteiger charge is 2.51. The molecule has 0 unspecified atom stereocenters. The lowest BCUT2D eigenvalue weighted by Gasteiger charge is -2.44. The van der Waals surface area contributed by atoms with Gasteiger partial charge in [-0.05, 0) is 58.8 Å². The van der Waals surface area contributed by atoms with Crippen LogP contribution in [-0.4, -0.2) is 76.8 Å². The summed E-state index contributed by atoms with van der Waals surface area (Å²) in [5.74, 6) is -0.566. The SMILES string of the molecule is CC(=O)O[C@@H](CCOCc1ccccc1)[C@@H]1CC[C@H]2C[C@@H](C(=O)CCO[Si](c3ccccc3)(c3ccccc3)C(C)(C)C)ON2[C@@H]1CCCS(=O)(=O)c1ccccc1. The van der Waals surface area contributed by atoms with E-state index in [4.69, 9.17) is 18.7 Å². The summed E-state index contributed by atoms with van der Waals surface area (Å²) in [6, 6.07) is 38.9. The Kier molecular flexibility index (Phi) is 14.9.